The molecular weight excluding hydrogens is 342 g/mol. The number of aromatic carboxylic acids is 1. The summed E-state index contributed by atoms with van der Waals surface area (Å²) in [5.41, 5.74) is 2.58. The van der Waals surface area contributed by atoms with Gasteiger partial charge in [0.15, 0.2) is 0 Å². The Labute approximate surface area is 159 Å². The van der Waals surface area contributed by atoms with E-state index in [2.05, 4.69) is 25.0 Å². The predicted octanol–water partition coefficient (Wildman–Crippen LogP) is 3.61. The van der Waals surface area contributed by atoms with Crippen LogP contribution in [0.4, 0.5) is 11.4 Å². The van der Waals surface area contributed by atoms with Gasteiger partial charge in [-0.3, -0.25) is 9.67 Å². The molecule has 7 nitrogen and oxygen atoms in total. The fourth-order valence-corrected chi connectivity index (χ4v) is 4.20. The topological polar surface area (TPSA) is 83.3 Å². The third kappa shape index (κ3) is 3.69. The molecule has 2 N–H and O–H groups in total. The molecule has 27 heavy (non-hydrogen) atoms. The molecule has 0 unspecified atom stereocenters. The number of carboxylic acids is 1. The van der Waals surface area contributed by atoms with E-state index in [1.807, 2.05) is 6.92 Å². The largest absolute Gasteiger partial charge is 0.478 e. The number of rotatable bonds is 5. The number of hydrogen-bond donors (Lipinski definition) is 2. The molecule has 2 aromatic heterocycles. The summed E-state index contributed by atoms with van der Waals surface area (Å²) < 4.78 is 2.11. The zero-order chi connectivity index (χ0) is 18.8. The number of carboxylic acid groups (broad SMARTS) is 1. The van der Waals surface area contributed by atoms with Gasteiger partial charge in [0.2, 0.25) is 0 Å². The summed E-state index contributed by atoms with van der Waals surface area (Å²) in [5, 5.41) is 17.2. The summed E-state index contributed by atoms with van der Waals surface area (Å²) in [4.78, 5) is 18.1. The lowest BCUT2D eigenvalue weighted by atomic mass is 9.91. The minimum absolute atomic E-state index is 0.211. The summed E-state index contributed by atoms with van der Waals surface area (Å²) in [7, 11) is 0. The number of hydrogen-bond acceptors (Lipinski definition) is 5. The number of likely N-dealkylation sites (tertiary alicyclic amines) is 1. The first kappa shape index (κ1) is 18.0. The maximum absolute atomic E-state index is 11.4. The molecule has 2 aliphatic rings. The average molecular weight is 369 g/mol. The van der Waals surface area contributed by atoms with Crippen molar-refractivity contribution in [1.29, 1.82) is 0 Å². The zero-order valence-corrected chi connectivity index (χ0v) is 15.8. The number of aromatic nitrogens is 3. The number of nitrogens with one attached hydrogen (secondary N) is 1. The SMILES string of the molecule is Cc1c(Nc2cnccc2C(=O)O)cnn1[C@H]1CCCN(C2CCC2)CC1. The van der Waals surface area contributed by atoms with E-state index in [0.717, 1.165) is 36.8 Å². The van der Waals surface area contributed by atoms with Gasteiger partial charge in [-0.1, -0.05) is 6.42 Å². The lowest BCUT2D eigenvalue weighted by Gasteiger charge is -2.36. The third-order valence-electron chi connectivity index (χ3n) is 6.03. The number of carbonyl (C=O) groups is 1. The lowest BCUT2D eigenvalue weighted by molar-refractivity contribution is 0.0698. The second-order valence-corrected chi connectivity index (χ2v) is 7.65. The summed E-state index contributed by atoms with van der Waals surface area (Å²) in [5.74, 6) is -0.968. The van der Waals surface area contributed by atoms with Crippen LogP contribution in [0.15, 0.2) is 24.7 Å². The number of nitrogens with zero attached hydrogens (tertiary/aromatic N) is 4. The van der Waals surface area contributed by atoms with Crippen LogP contribution in [0.5, 0.6) is 0 Å². The van der Waals surface area contributed by atoms with Gasteiger partial charge in [-0.25, -0.2) is 4.79 Å². The Morgan fingerprint density at radius 1 is 1.11 bits per heavy atom. The van der Waals surface area contributed by atoms with Gasteiger partial charge in [0, 0.05) is 18.8 Å². The van der Waals surface area contributed by atoms with Crippen molar-refractivity contribution in [2.24, 2.45) is 0 Å². The normalized spacial score (nSPS) is 21.4. The van der Waals surface area contributed by atoms with Crippen LogP contribution < -0.4 is 5.32 Å². The Morgan fingerprint density at radius 2 is 1.93 bits per heavy atom. The second-order valence-electron chi connectivity index (χ2n) is 7.65. The van der Waals surface area contributed by atoms with Gasteiger partial charge in [-0.2, -0.15) is 5.10 Å². The standard InChI is InChI=1S/C20H27N5O2/c1-14-18(23-19-12-21-9-7-17(19)20(26)27)13-22-25(14)16-6-3-10-24(11-8-16)15-4-2-5-15/h7,9,12-13,15-16,23H,2-6,8,10-11H2,1H3,(H,26,27)/t16-/m0/s1. The first-order chi connectivity index (χ1) is 13.1. The average Bonchev–Trinajstić information content (AvgIpc) is 2.82. The molecule has 1 aliphatic carbocycles. The zero-order valence-electron chi connectivity index (χ0n) is 15.8. The van der Waals surface area contributed by atoms with Gasteiger partial charge >= 0.3 is 5.97 Å². The fourth-order valence-electron chi connectivity index (χ4n) is 4.20. The fraction of sp³-hybridized carbons (Fsp3) is 0.550. The van der Waals surface area contributed by atoms with E-state index in [9.17, 15) is 9.90 Å². The molecule has 0 radical (unpaired) electrons. The minimum Gasteiger partial charge on any atom is -0.478 e. The molecule has 1 atom stereocenters. The molecule has 0 aromatic carbocycles. The molecule has 0 bridgehead atoms. The van der Waals surface area contributed by atoms with Gasteiger partial charge in [-0.05, 0) is 51.6 Å². The highest BCUT2D eigenvalue weighted by Crippen LogP contribution is 2.32. The van der Waals surface area contributed by atoms with E-state index in [-0.39, 0.29) is 5.56 Å². The van der Waals surface area contributed by atoms with Crippen LogP contribution in [-0.4, -0.2) is 49.9 Å². The second kappa shape index (κ2) is 7.68. The highest BCUT2D eigenvalue weighted by Gasteiger charge is 2.28. The molecule has 144 valence electrons. The Morgan fingerprint density at radius 3 is 2.67 bits per heavy atom. The van der Waals surface area contributed by atoms with E-state index >= 15 is 0 Å². The smallest absolute Gasteiger partial charge is 0.337 e. The van der Waals surface area contributed by atoms with Crippen LogP contribution in [-0.2, 0) is 0 Å². The number of pyridine rings is 1. The monoisotopic (exact) mass is 369 g/mol. The van der Waals surface area contributed by atoms with Gasteiger partial charge < -0.3 is 15.3 Å². The van der Waals surface area contributed by atoms with E-state index in [1.165, 1.54) is 44.5 Å². The molecule has 2 aromatic rings. The van der Waals surface area contributed by atoms with Crippen molar-refractivity contribution >= 4 is 17.3 Å². The highest BCUT2D eigenvalue weighted by molar-refractivity contribution is 5.94. The summed E-state index contributed by atoms with van der Waals surface area (Å²) in [6, 6.07) is 2.71. The molecule has 1 saturated heterocycles. The van der Waals surface area contributed by atoms with Crippen molar-refractivity contribution in [3.05, 3.63) is 35.9 Å². The van der Waals surface area contributed by atoms with E-state index in [4.69, 9.17) is 0 Å². The van der Waals surface area contributed by atoms with Crippen LogP contribution in [0.25, 0.3) is 0 Å². The lowest BCUT2D eigenvalue weighted by Crippen LogP contribution is -2.40. The minimum atomic E-state index is -0.968. The first-order valence-electron chi connectivity index (χ1n) is 9.86. The molecule has 0 amide bonds. The van der Waals surface area contributed by atoms with E-state index in [0.29, 0.717) is 11.7 Å². The Kier molecular flexibility index (Phi) is 5.11. The highest BCUT2D eigenvalue weighted by atomic mass is 16.4. The van der Waals surface area contributed by atoms with Crippen LogP contribution >= 0.6 is 0 Å². The van der Waals surface area contributed by atoms with E-state index < -0.39 is 5.97 Å². The van der Waals surface area contributed by atoms with E-state index in [1.54, 1.807) is 12.4 Å². The maximum Gasteiger partial charge on any atom is 0.337 e. The predicted molar refractivity (Wildman–Crippen MR) is 104 cm³/mol. The van der Waals surface area contributed by atoms with Crippen LogP contribution in [0.2, 0.25) is 0 Å². The van der Waals surface area contributed by atoms with Crippen LogP contribution in [0, 0.1) is 6.92 Å². The van der Waals surface area contributed by atoms with Crippen molar-refractivity contribution in [1.82, 2.24) is 19.7 Å². The first-order valence-corrected chi connectivity index (χ1v) is 9.86. The molecule has 4 rings (SSSR count). The van der Waals surface area contributed by atoms with Crippen LogP contribution in [0.1, 0.15) is 60.6 Å². The van der Waals surface area contributed by atoms with Gasteiger partial charge in [-0.15, -0.1) is 0 Å². The molecule has 7 heteroatoms. The molecule has 1 saturated carbocycles. The molecule has 3 heterocycles. The maximum atomic E-state index is 11.4. The van der Waals surface area contributed by atoms with Crippen molar-refractivity contribution in [2.45, 2.75) is 57.5 Å². The van der Waals surface area contributed by atoms with Crippen molar-refractivity contribution in [3.63, 3.8) is 0 Å². The van der Waals surface area contributed by atoms with Crippen molar-refractivity contribution < 1.29 is 9.90 Å². The Hall–Kier alpha value is -2.41. The van der Waals surface area contributed by atoms with Gasteiger partial charge in [0.1, 0.15) is 0 Å². The van der Waals surface area contributed by atoms with Gasteiger partial charge in [0.05, 0.1) is 41.1 Å². The Bertz CT molecular complexity index is 814. The molecular formula is C20H27N5O2. The summed E-state index contributed by atoms with van der Waals surface area (Å²) >= 11 is 0. The molecule has 2 fully saturated rings. The summed E-state index contributed by atoms with van der Waals surface area (Å²) in [6.07, 6.45) is 12.4. The van der Waals surface area contributed by atoms with Gasteiger partial charge in [0.25, 0.3) is 0 Å². The summed E-state index contributed by atoms with van der Waals surface area (Å²) in [6.45, 7) is 4.38. The molecule has 0 spiro atoms. The van der Waals surface area contributed by atoms with Crippen molar-refractivity contribution in [3.8, 4) is 0 Å². The Balaban J connectivity index is 1.48. The quantitative estimate of drug-likeness (QED) is 0.838. The van der Waals surface area contributed by atoms with Crippen LogP contribution in [0.3, 0.4) is 0 Å². The van der Waals surface area contributed by atoms with Crippen molar-refractivity contribution in [2.75, 3.05) is 18.4 Å². The number of anilines is 2. The third-order valence-corrected chi connectivity index (χ3v) is 6.03. The molecule has 1 aliphatic heterocycles.